The average molecular weight is 305 g/mol. The van der Waals surface area contributed by atoms with Crippen LogP contribution in [-0.2, 0) is 16.6 Å². The molecular formula is C15H19N3O2S. The number of hydrogen-bond donors (Lipinski definition) is 1. The van der Waals surface area contributed by atoms with E-state index in [1.165, 1.54) is 6.33 Å². The molecule has 1 heterocycles. The largest absolute Gasteiger partial charge is 0.242 e. The fourth-order valence-electron chi connectivity index (χ4n) is 2.08. The highest BCUT2D eigenvalue weighted by atomic mass is 32.2. The molecular weight excluding hydrogens is 286 g/mol. The summed E-state index contributed by atoms with van der Waals surface area (Å²) in [5.74, 6) is 0. The summed E-state index contributed by atoms with van der Waals surface area (Å²) in [5.41, 5.74) is 4.23. The lowest BCUT2D eigenvalue weighted by Crippen LogP contribution is -2.24. The molecule has 1 aromatic heterocycles. The number of rotatable bonds is 4. The first-order valence-electron chi connectivity index (χ1n) is 6.64. The van der Waals surface area contributed by atoms with Gasteiger partial charge in [-0.05, 0) is 56.5 Å². The Balaban J connectivity index is 2.25. The smallest absolute Gasteiger partial charge is 0.241 e. The molecule has 0 aliphatic rings. The molecule has 1 aromatic carbocycles. The summed E-state index contributed by atoms with van der Waals surface area (Å²) in [6.45, 7) is 7.67. The fourth-order valence-corrected chi connectivity index (χ4v) is 3.38. The van der Waals surface area contributed by atoms with E-state index in [1.807, 2.05) is 26.8 Å². The Morgan fingerprint density at radius 3 is 2.29 bits per heavy atom. The van der Waals surface area contributed by atoms with E-state index in [2.05, 4.69) is 14.7 Å². The lowest BCUT2D eigenvalue weighted by Gasteiger charge is -2.11. The molecule has 6 heteroatoms. The van der Waals surface area contributed by atoms with Crippen molar-refractivity contribution in [2.45, 2.75) is 39.1 Å². The molecule has 0 aliphatic carbocycles. The van der Waals surface area contributed by atoms with E-state index in [0.29, 0.717) is 10.6 Å². The summed E-state index contributed by atoms with van der Waals surface area (Å²) in [7, 11) is -3.55. The Morgan fingerprint density at radius 1 is 0.952 bits per heavy atom. The topological polar surface area (TPSA) is 72.0 Å². The summed E-state index contributed by atoms with van der Waals surface area (Å²) in [5, 5.41) is 0. The van der Waals surface area contributed by atoms with Crippen molar-refractivity contribution in [3.63, 3.8) is 0 Å². The summed E-state index contributed by atoms with van der Waals surface area (Å²) < 4.78 is 27.4. The van der Waals surface area contributed by atoms with Gasteiger partial charge in [-0.2, -0.15) is 0 Å². The lowest BCUT2D eigenvalue weighted by atomic mass is 10.1. The van der Waals surface area contributed by atoms with Gasteiger partial charge in [0.15, 0.2) is 0 Å². The fraction of sp³-hybridized carbons (Fsp3) is 0.333. The first kappa shape index (κ1) is 15.6. The van der Waals surface area contributed by atoms with Crippen LogP contribution < -0.4 is 4.72 Å². The van der Waals surface area contributed by atoms with Crippen molar-refractivity contribution in [2.75, 3.05) is 0 Å². The molecule has 0 saturated carbocycles. The van der Waals surface area contributed by atoms with Gasteiger partial charge in [-0.15, -0.1) is 0 Å². The van der Waals surface area contributed by atoms with Gasteiger partial charge in [-0.1, -0.05) is 6.07 Å². The molecule has 0 radical (unpaired) electrons. The van der Waals surface area contributed by atoms with E-state index in [1.54, 1.807) is 19.1 Å². The molecule has 2 aromatic rings. The maximum absolute atomic E-state index is 12.4. The minimum Gasteiger partial charge on any atom is -0.242 e. The second-order valence-electron chi connectivity index (χ2n) is 5.18. The molecule has 0 spiro atoms. The van der Waals surface area contributed by atoms with Crippen LogP contribution in [0.3, 0.4) is 0 Å². The SMILES string of the molecule is Cc1cc(CNS(=O)(=O)c2cc(C)c(C)cc2C)ncn1. The van der Waals surface area contributed by atoms with Crippen LogP contribution in [0.1, 0.15) is 28.1 Å². The van der Waals surface area contributed by atoms with Gasteiger partial charge in [-0.3, -0.25) is 0 Å². The van der Waals surface area contributed by atoms with Crippen molar-refractivity contribution in [3.05, 3.63) is 52.6 Å². The highest BCUT2D eigenvalue weighted by Crippen LogP contribution is 2.20. The van der Waals surface area contributed by atoms with E-state index >= 15 is 0 Å². The minimum atomic E-state index is -3.55. The monoisotopic (exact) mass is 305 g/mol. The van der Waals surface area contributed by atoms with Crippen LogP contribution in [0.2, 0.25) is 0 Å². The molecule has 0 aliphatic heterocycles. The maximum Gasteiger partial charge on any atom is 0.241 e. The zero-order valence-corrected chi connectivity index (χ0v) is 13.5. The normalized spacial score (nSPS) is 11.6. The van der Waals surface area contributed by atoms with E-state index in [0.717, 1.165) is 22.4 Å². The van der Waals surface area contributed by atoms with Gasteiger partial charge >= 0.3 is 0 Å². The van der Waals surface area contributed by atoms with E-state index in [-0.39, 0.29) is 6.54 Å². The van der Waals surface area contributed by atoms with Crippen molar-refractivity contribution in [3.8, 4) is 0 Å². The van der Waals surface area contributed by atoms with Crippen molar-refractivity contribution in [2.24, 2.45) is 0 Å². The molecule has 112 valence electrons. The summed E-state index contributed by atoms with van der Waals surface area (Å²) in [6, 6.07) is 5.35. The Bertz CT molecular complexity index is 770. The van der Waals surface area contributed by atoms with Gasteiger partial charge in [0.25, 0.3) is 0 Å². The third kappa shape index (κ3) is 3.65. The molecule has 21 heavy (non-hydrogen) atoms. The number of sulfonamides is 1. The van der Waals surface area contributed by atoms with E-state index in [9.17, 15) is 8.42 Å². The van der Waals surface area contributed by atoms with Gasteiger partial charge in [0.2, 0.25) is 10.0 Å². The number of nitrogens with zero attached hydrogens (tertiary/aromatic N) is 2. The van der Waals surface area contributed by atoms with Crippen LogP contribution >= 0.6 is 0 Å². The molecule has 5 nitrogen and oxygen atoms in total. The van der Waals surface area contributed by atoms with Crippen molar-refractivity contribution in [1.29, 1.82) is 0 Å². The van der Waals surface area contributed by atoms with Gasteiger partial charge in [0, 0.05) is 5.69 Å². The first-order chi connectivity index (χ1) is 9.79. The molecule has 0 saturated heterocycles. The standard InChI is InChI=1S/C15H19N3O2S/c1-10-5-12(3)15(6-11(10)2)21(19,20)18-8-14-7-13(4)16-9-17-14/h5-7,9,18H,8H2,1-4H3. The number of hydrogen-bond acceptors (Lipinski definition) is 4. The zero-order valence-electron chi connectivity index (χ0n) is 12.6. The second kappa shape index (κ2) is 5.91. The second-order valence-corrected chi connectivity index (χ2v) is 6.91. The molecule has 0 fully saturated rings. The van der Waals surface area contributed by atoms with Gasteiger partial charge in [0.05, 0.1) is 17.1 Å². The first-order valence-corrected chi connectivity index (χ1v) is 8.13. The summed E-state index contributed by atoms with van der Waals surface area (Å²) in [4.78, 5) is 8.36. The highest BCUT2D eigenvalue weighted by molar-refractivity contribution is 7.89. The predicted molar refractivity (Wildman–Crippen MR) is 81.4 cm³/mol. The Kier molecular flexibility index (Phi) is 4.39. The number of aromatic nitrogens is 2. The molecule has 0 unspecified atom stereocenters. The van der Waals surface area contributed by atoms with Crippen LogP contribution in [0.25, 0.3) is 0 Å². The van der Waals surface area contributed by atoms with E-state index < -0.39 is 10.0 Å². The molecule has 1 N–H and O–H groups in total. The third-order valence-corrected chi connectivity index (χ3v) is 4.93. The van der Waals surface area contributed by atoms with Gasteiger partial charge in [0.1, 0.15) is 6.33 Å². The summed E-state index contributed by atoms with van der Waals surface area (Å²) >= 11 is 0. The highest BCUT2D eigenvalue weighted by Gasteiger charge is 2.17. The van der Waals surface area contributed by atoms with Gasteiger partial charge in [-0.25, -0.2) is 23.1 Å². The van der Waals surface area contributed by atoms with Crippen molar-refractivity contribution >= 4 is 10.0 Å². The lowest BCUT2D eigenvalue weighted by molar-refractivity contribution is 0.579. The van der Waals surface area contributed by atoms with Crippen LogP contribution in [0.5, 0.6) is 0 Å². The zero-order chi connectivity index (χ0) is 15.6. The molecule has 2 rings (SSSR count). The predicted octanol–water partition coefficient (Wildman–Crippen LogP) is 2.19. The minimum absolute atomic E-state index is 0.151. The van der Waals surface area contributed by atoms with Crippen LogP contribution in [-0.4, -0.2) is 18.4 Å². The maximum atomic E-state index is 12.4. The summed E-state index contributed by atoms with van der Waals surface area (Å²) in [6.07, 6.45) is 1.43. The quantitative estimate of drug-likeness (QED) is 0.940. The average Bonchev–Trinajstić information content (AvgIpc) is 2.41. The number of nitrogens with one attached hydrogen (secondary N) is 1. The van der Waals surface area contributed by atoms with Crippen molar-refractivity contribution in [1.82, 2.24) is 14.7 Å². The number of aryl methyl sites for hydroxylation is 4. The van der Waals surface area contributed by atoms with Gasteiger partial charge < -0.3 is 0 Å². The Hall–Kier alpha value is -1.79. The van der Waals surface area contributed by atoms with Crippen LogP contribution in [0, 0.1) is 27.7 Å². The third-order valence-electron chi connectivity index (χ3n) is 3.38. The molecule has 0 amide bonds. The van der Waals surface area contributed by atoms with E-state index in [4.69, 9.17) is 0 Å². The number of benzene rings is 1. The van der Waals surface area contributed by atoms with Crippen LogP contribution in [0.15, 0.2) is 29.4 Å². The van der Waals surface area contributed by atoms with Crippen molar-refractivity contribution < 1.29 is 8.42 Å². The Morgan fingerprint density at radius 2 is 1.62 bits per heavy atom. The molecule has 0 bridgehead atoms. The Labute approximate surface area is 125 Å². The van der Waals surface area contributed by atoms with Crippen LogP contribution in [0.4, 0.5) is 0 Å². The molecule has 0 atom stereocenters.